The zero-order valence-corrected chi connectivity index (χ0v) is 14.7. The minimum Gasteiger partial charge on any atom is -0.377 e. The van der Waals surface area contributed by atoms with Crippen LogP contribution in [0.5, 0.6) is 0 Å². The van der Waals surface area contributed by atoms with Gasteiger partial charge < -0.3 is 4.74 Å². The Bertz CT molecular complexity index is 372. The predicted molar refractivity (Wildman–Crippen MR) is 89.3 cm³/mol. The summed E-state index contributed by atoms with van der Waals surface area (Å²) in [5.41, 5.74) is 0. The number of ether oxygens (including phenoxy) is 1. The van der Waals surface area contributed by atoms with E-state index < -0.39 is 0 Å². The maximum Gasteiger partial charge on any atom is 0.0816 e. The Kier molecular flexibility index (Phi) is 7.17. The van der Waals surface area contributed by atoms with Gasteiger partial charge in [0.2, 0.25) is 0 Å². The van der Waals surface area contributed by atoms with E-state index in [1.54, 1.807) is 0 Å². The third kappa shape index (κ3) is 6.26. The molecule has 0 atom stereocenters. The van der Waals surface area contributed by atoms with Crippen LogP contribution in [0.1, 0.15) is 40.5 Å². The van der Waals surface area contributed by atoms with Gasteiger partial charge in [0.05, 0.1) is 18.8 Å². The fourth-order valence-electron chi connectivity index (χ4n) is 2.74. The molecule has 0 amide bonds. The van der Waals surface area contributed by atoms with Crippen LogP contribution in [-0.4, -0.2) is 61.5 Å². The van der Waals surface area contributed by atoms with E-state index in [1.165, 1.54) is 0 Å². The van der Waals surface area contributed by atoms with Gasteiger partial charge in [-0.05, 0) is 26.7 Å². The van der Waals surface area contributed by atoms with Gasteiger partial charge in [-0.3, -0.25) is 9.74 Å². The molecule has 1 saturated carbocycles. The molecule has 0 unspecified atom stereocenters. The lowest BCUT2D eigenvalue weighted by atomic mass is 9.83. The standard InChI is InChI=1S/C18H32N2O2/c1-15(2)5-6-17-13-18(14-17)22-20-9-7-19(8-10-20)11-12-21-16(3)4/h15-18H,7-14H2,1-4H3. The van der Waals surface area contributed by atoms with Crippen molar-refractivity contribution in [3.8, 4) is 11.8 Å². The second kappa shape index (κ2) is 8.88. The van der Waals surface area contributed by atoms with Crippen LogP contribution in [0.3, 0.4) is 0 Å². The Balaban J connectivity index is 1.55. The largest absolute Gasteiger partial charge is 0.377 e. The Morgan fingerprint density at radius 2 is 1.73 bits per heavy atom. The van der Waals surface area contributed by atoms with Crippen molar-refractivity contribution in [2.24, 2.45) is 11.8 Å². The minimum absolute atomic E-state index is 0.329. The highest BCUT2D eigenvalue weighted by molar-refractivity contribution is 5.09. The zero-order valence-electron chi connectivity index (χ0n) is 14.7. The van der Waals surface area contributed by atoms with E-state index in [1.807, 2.05) is 0 Å². The highest BCUT2D eigenvalue weighted by Gasteiger charge is 2.31. The molecule has 22 heavy (non-hydrogen) atoms. The first kappa shape index (κ1) is 17.7. The molecule has 126 valence electrons. The van der Waals surface area contributed by atoms with Gasteiger partial charge >= 0.3 is 0 Å². The van der Waals surface area contributed by atoms with Crippen molar-refractivity contribution in [2.45, 2.75) is 52.7 Å². The summed E-state index contributed by atoms with van der Waals surface area (Å²) in [4.78, 5) is 8.52. The number of rotatable bonds is 6. The molecule has 4 heteroatoms. The fraction of sp³-hybridized carbons (Fsp3) is 0.889. The molecule has 0 radical (unpaired) electrons. The molecule has 0 bridgehead atoms. The van der Waals surface area contributed by atoms with E-state index >= 15 is 0 Å². The van der Waals surface area contributed by atoms with Gasteiger partial charge in [0, 0.05) is 44.6 Å². The molecule has 2 fully saturated rings. The lowest BCUT2D eigenvalue weighted by Crippen LogP contribution is -2.49. The first-order valence-electron chi connectivity index (χ1n) is 8.79. The molecular weight excluding hydrogens is 276 g/mol. The van der Waals surface area contributed by atoms with Crippen molar-refractivity contribution in [3.63, 3.8) is 0 Å². The molecule has 4 nitrogen and oxygen atoms in total. The Morgan fingerprint density at radius 1 is 1.05 bits per heavy atom. The van der Waals surface area contributed by atoms with Gasteiger partial charge in [0.15, 0.2) is 0 Å². The number of hydrogen-bond acceptors (Lipinski definition) is 4. The highest BCUT2D eigenvalue weighted by atomic mass is 16.7. The Morgan fingerprint density at radius 3 is 2.32 bits per heavy atom. The van der Waals surface area contributed by atoms with Crippen molar-refractivity contribution in [1.29, 1.82) is 0 Å². The molecular formula is C18H32N2O2. The van der Waals surface area contributed by atoms with E-state index in [-0.39, 0.29) is 0 Å². The summed E-state index contributed by atoms with van der Waals surface area (Å²) in [5, 5.41) is 2.15. The van der Waals surface area contributed by atoms with Crippen molar-refractivity contribution in [1.82, 2.24) is 9.96 Å². The molecule has 1 heterocycles. The molecule has 0 N–H and O–H groups in total. The topological polar surface area (TPSA) is 24.9 Å². The number of nitrogens with zero attached hydrogens (tertiary/aromatic N) is 2. The zero-order chi connectivity index (χ0) is 15.9. The van der Waals surface area contributed by atoms with E-state index in [9.17, 15) is 0 Å². The monoisotopic (exact) mass is 308 g/mol. The first-order valence-corrected chi connectivity index (χ1v) is 8.79. The number of piperazine rings is 1. The average Bonchev–Trinajstić information content (AvgIpc) is 2.42. The molecule has 1 aliphatic heterocycles. The highest BCUT2D eigenvalue weighted by Crippen LogP contribution is 2.30. The van der Waals surface area contributed by atoms with Crippen LogP contribution in [-0.2, 0) is 9.57 Å². The third-order valence-corrected chi connectivity index (χ3v) is 4.16. The second-order valence-electron chi connectivity index (χ2n) is 7.03. The van der Waals surface area contributed by atoms with E-state index in [0.29, 0.717) is 24.0 Å². The summed E-state index contributed by atoms with van der Waals surface area (Å²) >= 11 is 0. The molecule has 1 aliphatic carbocycles. The van der Waals surface area contributed by atoms with Gasteiger partial charge in [-0.25, -0.2) is 0 Å². The molecule has 2 rings (SSSR count). The first-order chi connectivity index (χ1) is 10.5. The second-order valence-corrected chi connectivity index (χ2v) is 7.03. The molecule has 0 aromatic carbocycles. The summed E-state index contributed by atoms with van der Waals surface area (Å²) in [6.45, 7) is 14.5. The molecule has 2 aliphatic rings. The van der Waals surface area contributed by atoms with Gasteiger partial charge in [0.1, 0.15) is 0 Å². The van der Waals surface area contributed by atoms with Crippen LogP contribution < -0.4 is 0 Å². The quantitative estimate of drug-likeness (QED) is 0.704. The minimum atomic E-state index is 0.329. The Labute approximate surface area is 136 Å². The number of hydroxylamine groups is 2. The summed E-state index contributed by atoms with van der Waals surface area (Å²) in [5.74, 6) is 7.66. The van der Waals surface area contributed by atoms with E-state index in [4.69, 9.17) is 9.57 Å². The summed E-state index contributed by atoms with van der Waals surface area (Å²) in [7, 11) is 0. The summed E-state index contributed by atoms with van der Waals surface area (Å²) < 4.78 is 5.61. The molecule has 1 saturated heterocycles. The molecule has 0 spiro atoms. The van der Waals surface area contributed by atoms with Crippen LogP contribution in [0, 0.1) is 23.7 Å². The SMILES string of the molecule is CC(C)C#CC1CC(ON2CCN(CCOC(C)C)CC2)C1. The van der Waals surface area contributed by atoms with Crippen LogP contribution in [0.4, 0.5) is 0 Å². The predicted octanol–water partition coefficient (Wildman–Crippen LogP) is 2.40. The van der Waals surface area contributed by atoms with E-state index in [2.05, 4.69) is 49.5 Å². The van der Waals surface area contributed by atoms with Crippen LogP contribution in [0.15, 0.2) is 0 Å². The maximum atomic E-state index is 6.06. The summed E-state index contributed by atoms with van der Waals surface area (Å²) in [6, 6.07) is 0. The van der Waals surface area contributed by atoms with Crippen LogP contribution in [0.25, 0.3) is 0 Å². The number of hydrogen-bond donors (Lipinski definition) is 0. The molecule has 0 aromatic rings. The van der Waals surface area contributed by atoms with Crippen LogP contribution >= 0.6 is 0 Å². The van der Waals surface area contributed by atoms with Crippen molar-refractivity contribution in [3.05, 3.63) is 0 Å². The van der Waals surface area contributed by atoms with Crippen molar-refractivity contribution in [2.75, 3.05) is 39.3 Å². The van der Waals surface area contributed by atoms with Gasteiger partial charge in [-0.2, -0.15) is 5.06 Å². The normalized spacial score (nSPS) is 26.8. The van der Waals surface area contributed by atoms with E-state index in [0.717, 1.165) is 52.2 Å². The Hall–Kier alpha value is -0.600. The summed E-state index contributed by atoms with van der Waals surface area (Å²) in [6.07, 6.45) is 2.92. The van der Waals surface area contributed by atoms with Gasteiger partial charge in [-0.15, -0.1) is 5.92 Å². The van der Waals surface area contributed by atoms with Crippen molar-refractivity contribution < 1.29 is 9.57 Å². The third-order valence-electron chi connectivity index (χ3n) is 4.16. The smallest absolute Gasteiger partial charge is 0.0816 e. The van der Waals surface area contributed by atoms with Gasteiger partial charge in [-0.1, -0.05) is 19.8 Å². The molecule has 0 aromatic heterocycles. The average molecular weight is 308 g/mol. The van der Waals surface area contributed by atoms with Gasteiger partial charge in [0.25, 0.3) is 0 Å². The van der Waals surface area contributed by atoms with Crippen molar-refractivity contribution >= 4 is 0 Å². The lowest BCUT2D eigenvalue weighted by Gasteiger charge is -2.39. The van der Waals surface area contributed by atoms with Crippen LogP contribution in [0.2, 0.25) is 0 Å². The fourth-order valence-corrected chi connectivity index (χ4v) is 2.74. The lowest BCUT2D eigenvalue weighted by molar-refractivity contribution is -0.234. The maximum absolute atomic E-state index is 6.06.